The largest absolute Gasteiger partial charge is 2.00 e. The Morgan fingerprint density at radius 1 is 0.488 bits per heavy atom. The van der Waals surface area contributed by atoms with Crippen molar-refractivity contribution in [1.82, 2.24) is 0 Å². The van der Waals surface area contributed by atoms with Crippen LogP contribution >= 0.6 is 0 Å². The maximum absolute atomic E-state index is 11.6. The summed E-state index contributed by atoms with van der Waals surface area (Å²) in [5.41, 5.74) is 0.672. The maximum atomic E-state index is 11.6. The molecule has 0 aliphatic heterocycles. The molecule has 0 fully saturated rings. The van der Waals surface area contributed by atoms with Gasteiger partial charge in [-0.3, -0.25) is 0 Å². The van der Waals surface area contributed by atoms with Gasteiger partial charge in [-0.1, -0.05) is 98.1 Å². The SMILES string of the molecule is C=Cc1ccc2cc3ccccc3cc2c1S(=O)(=O)[O-].C=Cc1ccc2cc3ccccc3cc2c1S(=O)(=O)[O-].[Mg+2]. The molecule has 0 N–H and O–H groups in total. The normalized spacial score (nSPS) is 11.6. The molecule has 0 heterocycles. The van der Waals surface area contributed by atoms with Crippen LogP contribution < -0.4 is 0 Å². The molecule has 200 valence electrons. The average Bonchev–Trinajstić information content (AvgIpc) is 2.92. The molecule has 0 atom stereocenters. The van der Waals surface area contributed by atoms with Crippen LogP contribution in [0.5, 0.6) is 0 Å². The van der Waals surface area contributed by atoms with Crippen LogP contribution in [0, 0.1) is 0 Å². The van der Waals surface area contributed by atoms with Crippen molar-refractivity contribution in [2.75, 3.05) is 0 Å². The van der Waals surface area contributed by atoms with Gasteiger partial charge in [0.2, 0.25) is 0 Å². The van der Waals surface area contributed by atoms with Crippen LogP contribution in [0.3, 0.4) is 0 Å². The van der Waals surface area contributed by atoms with Gasteiger partial charge in [0.1, 0.15) is 20.2 Å². The van der Waals surface area contributed by atoms with Crippen molar-refractivity contribution in [3.05, 3.63) is 121 Å². The third-order valence-electron chi connectivity index (χ3n) is 6.67. The zero-order chi connectivity index (χ0) is 28.7. The van der Waals surface area contributed by atoms with Crippen LogP contribution in [-0.4, -0.2) is 49.0 Å². The fraction of sp³-hybridized carbons (Fsp3) is 0. The summed E-state index contributed by atoms with van der Waals surface area (Å²) in [5.74, 6) is 0. The molecular formula is C32H22MgO6S2. The Kier molecular flexibility index (Phi) is 8.69. The van der Waals surface area contributed by atoms with Gasteiger partial charge in [-0.2, -0.15) is 0 Å². The second kappa shape index (κ2) is 11.7. The van der Waals surface area contributed by atoms with Crippen molar-refractivity contribution >= 4 is 98.5 Å². The first kappa shape index (κ1) is 30.4. The molecule has 6 nitrogen and oxygen atoms in total. The van der Waals surface area contributed by atoms with Gasteiger partial charge in [0, 0.05) is 10.8 Å². The van der Waals surface area contributed by atoms with Crippen LogP contribution in [0.25, 0.3) is 55.2 Å². The van der Waals surface area contributed by atoms with Crippen LogP contribution in [0.15, 0.2) is 120 Å². The second-order valence-corrected chi connectivity index (χ2v) is 11.8. The predicted octanol–water partition coefficient (Wildman–Crippen LogP) is 6.70. The summed E-state index contributed by atoms with van der Waals surface area (Å²) in [7, 11) is -9.12. The summed E-state index contributed by atoms with van der Waals surface area (Å²) in [6, 6.07) is 29.3. The first-order valence-electron chi connectivity index (χ1n) is 12.1. The summed E-state index contributed by atoms with van der Waals surface area (Å²) in [6.45, 7) is 7.14. The van der Waals surface area contributed by atoms with Gasteiger partial charge < -0.3 is 9.11 Å². The van der Waals surface area contributed by atoms with Crippen molar-refractivity contribution in [2.45, 2.75) is 9.79 Å². The van der Waals surface area contributed by atoms with Gasteiger partial charge in [0.25, 0.3) is 0 Å². The summed E-state index contributed by atoms with van der Waals surface area (Å²) < 4.78 is 69.4. The van der Waals surface area contributed by atoms with E-state index in [0.29, 0.717) is 21.9 Å². The van der Waals surface area contributed by atoms with E-state index in [2.05, 4.69) is 13.2 Å². The van der Waals surface area contributed by atoms with Crippen LogP contribution in [0.1, 0.15) is 11.1 Å². The van der Waals surface area contributed by atoms with E-state index in [1.807, 2.05) is 60.7 Å². The van der Waals surface area contributed by atoms with E-state index in [1.54, 1.807) is 36.4 Å². The molecule has 41 heavy (non-hydrogen) atoms. The van der Waals surface area contributed by atoms with Crippen molar-refractivity contribution in [2.24, 2.45) is 0 Å². The summed E-state index contributed by atoms with van der Waals surface area (Å²) in [6.07, 6.45) is 2.78. The molecule has 0 radical (unpaired) electrons. The summed E-state index contributed by atoms with van der Waals surface area (Å²) in [5, 5.41) is 6.12. The van der Waals surface area contributed by atoms with Crippen molar-refractivity contribution < 1.29 is 25.9 Å². The number of fused-ring (bicyclic) bond motifs is 4. The Hall–Kier alpha value is -3.57. The van der Waals surface area contributed by atoms with Gasteiger partial charge >= 0.3 is 23.1 Å². The Morgan fingerprint density at radius 3 is 1.10 bits per heavy atom. The summed E-state index contributed by atoms with van der Waals surface area (Å²) >= 11 is 0. The third kappa shape index (κ3) is 6.06. The third-order valence-corrected chi connectivity index (χ3v) is 8.59. The van der Waals surface area contributed by atoms with Gasteiger partial charge in [-0.15, -0.1) is 0 Å². The van der Waals surface area contributed by atoms with E-state index in [4.69, 9.17) is 0 Å². The Bertz CT molecular complexity index is 2050. The molecule has 0 amide bonds. The predicted molar refractivity (Wildman–Crippen MR) is 165 cm³/mol. The molecule has 0 unspecified atom stereocenters. The van der Waals surface area contributed by atoms with E-state index in [9.17, 15) is 25.9 Å². The van der Waals surface area contributed by atoms with E-state index in [0.717, 1.165) is 32.3 Å². The minimum atomic E-state index is -4.56. The molecule has 6 rings (SSSR count). The Balaban J connectivity index is 0.000000184. The molecule has 0 aromatic heterocycles. The van der Waals surface area contributed by atoms with Crippen molar-refractivity contribution in [1.29, 1.82) is 0 Å². The van der Waals surface area contributed by atoms with Gasteiger partial charge in [-0.05, 0) is 67.7 Å². The molecule has 0 aliphatic rings. The maximum Gasteiger partial charge on any atom is 2.00 e. The van der Waals surface area contributed by atoms with E-state index >= 15 is 0 Å². The van der Waals surface area contributed by atoms with Crippen LogP contribution in [-0.2, 0) is 20.2 Å². The number of hydrogen-bond acceptors (Lipinski definition) is 6. The number of rotatable bonds is 4. The van der Waals surface area contributed by atoms with Crippen molar-refractivity contribution in [3.63, 3.8) is 0 Å². The smallest absolute Gasteiger partial charge is 0.744 e. The van der Waals surface area contributed by atoms with Crippen LogP contribution in [0.4, 0.5) is 0 Å². The molecule has 0 saturated carbocycles. The monoisotopic (exact) mass is 590 g/mol. The molecule has 6 aromatic rings. The minimum absolute atomic E-state index is 0. The molecule has 0 spiro atoms. The molecular weight excluding hydrogens is 569 g/mol. The topological polar surface area (TPSA) is 114 Å². The number of benzene rings is 6. The Labute approximate surface area is 254 Å². The zero-order valence-electron chi connectivity index (χ0n) is 21.8. The molecule has 0 aliphatic carbocycles. The zero-order valence-corrected chi connectivity index (χ0v) is 24.8. The molecule has 0 saturated heterocycles. The van der Waals surface area contributed by atoms with E-state index < -0.39 is 20.2 Å². The van der Waals surface area contributed by atoms with E-state index in [-0.39, 0.29) is 32.8 Å². The second-order valence-electron chi connectivity index (χ2n) is 9.13. The molecule has 9 heteroatoms. The Morgan fingerprint density at radius 2 is 0.805 bits per heavy atom. The fourth-order valence-electron chi connectivity index (χ4n) is 4.89. The average molecular weight is 591 g/mol. The minimum Gasteiger partial charge on any atom is -0.744 e. The quantitative estimate of drug-likeness (QED) is 0.128. The number of hydrogen-bond donors (Lipinski definition) is 0. The van der Waals surface area contributed by atoms with E-state index in [1.165, 1.54) is 12.2 Å². The first-order chi connectivity index (χ1) is 19.0. The fourth-order valence-corrected chi connectivity index (χ4v) is 6.66. The standard InChI is InChI=1S/2C16H12O3S.Mg/c2*1-2-11-7-8-14-9-12-5-3-4-6-13(12)10-15(14)16(11)20(17,18)19;/h2*2-10H,1H2,(H,17,18,19);/q;;+2/p-2. The van der Waals surface area contributed by atoms with Crippen molar-refractivity contribution in [3.8, 4) is 0 Å². The first-order valence-corrected chi connectivity index (χ1v) is 14.9. The molecule has 0 bridgehead atoms. The van der Waals surface area contributed by atoms with Crippen LogP contribution in [0.2, 0.25) is 0 Å². The summed E-state index contributed by atoms with van der Waals surface area (Å²) in [4.78, 5) is -0.397. The van der Waals surface area contributed by atoms with Gasteiger partial charge in [0.05, 0.1) is 9.79 Å². The molecule has 6 aromatic carbocycles. The van der Waals surface area contributed by atoms with Gasteiger partial charge in [0.15, 0.2) is 0 Å². The van der Waals surface area contributed by atoms with Gasteiger partial charge in [-0.25, -0.2) is 16.8 Å².